The highest BCUT2D eigenvalue weighted by atomic mass is 16.7. The number of hydrogen-bond acceptors (Lipinski definition) is 2. The van der Waals surface area contributed by atoms with E-state index in [4.69, 9.17) is 9.47 Å². The highest BCUT2D eigenvalue weighted by molar-refractivity contribution is 4.59. The second-order valence-electron chi connectivity index (χ2n) is 1.92. The van der Waals surface area contributed by atoms with E-state index in [1.807, 2.05) is 0 Å². The number of ether oxygens (including phenoxy) is 2. The fourth-order valence-electron chi connectivity index (χ4n) is 0.766. The summed E-state index contributed by atoms with van der Waals surface area (Å²) >= 11 is 0. The maximum absolute atomic E-state index is 5.13. The molecule has 8 heavy (non-hydrogen) atoms. The highest BCUT2D eigenvalue weighted by Gasteiger charge is 2.13. The maximum Gasteiger partial charge on any atom is 0.147 e. The summed E-state index contributed by atoms with van der Waals surface area (Å²) < 4.78 is 10.1. The van der Waals surface area contributed by atoms with Crippen LogP contribution in [0, 0.1) is 6.92 Å². The van der Waals surface area contributed by atoms with Crippen molar-refractivity contribution >= 4 is 0 Å². The van der Waals surface area contributed by atoms with Crippen LogP contribution >= 0.6 is 0 Å². The normalized spacial score (nSPS) is 28.9. The Morgan fingerprint density at radius 3 is 3.00 bits per heavy atom. The van der Waals surface area contributed by atoms with E-state index < -0.39 is 0 Å². The fourth-order valence-corrected chi connectivity index (χ4v) is 0.766. The molecule has 0 spiro atoms. The lowest BCUT2D eigenvalue weighted by molar-refractivity contribution is 0.0449. The van der Waals surface area contributed by atoms with Crippen LogP contribution in [0.15, 0.2) is 0 Å². The molecular formula is C6H11O2. The molecule has 1 radical (unpaired) electrons. The molecule has 1 rings (SSSR count). The lowest BCUT2D eigenvalue weighted by Crippen LogP contribution is -2.07. The Hall–Kier alpha value is -0.0800. The summed E-state index contributed by atoms with van der Waals surface area (Å²) in [6.07, 6.45) is 2.29. The second kappa shape index (κ2) is 3.05. The molecule has 1 aliphatic heterocycles. The number of rotatable bonds is 2. The van der Waals surface area contributed by atoms with Crippen molar-refractivity contribution in [3.8, 4) is 0 Å². The van der Waals surface area contributed by atoms with Gasteiger partial charge in [0.2, 0.25) is 0 Å². The van der Waals surface area contributed by atoms with E-state index in [1.165, 1.54) is 0 Å². The second-order valence-corrected chi connectivity index (χ2v) is 1.92. The molecule has 0 amide bonds. The summed E-state index contributed by atoms with van der Waals surface area (Å²) in [4.78, 5) is 0. The topological polar surface area (TPSA) is 18.5 Å². The molecule has 1 unspecified atom stereocenters. The van der Waals surface area contributed by atoms with Crippen molar-refractivity contribution in [2.45, 2.75) is 18.9 Å². The van der Waals surface area contributed by atoms with Gasteiger partial charge in [-0.1, -0.05) is 13.3 Å². The molecule has 0 aromatic heterocycles. The van der Waals surface area contributed by atoms with E-state index in [1.54, 1.807) is 0 Å². The van der Waals surface area contributed by atoms with Gasteiger partial charge in [0, 0.05) is 0 Å². The van der Waals surface area contributed by atoms with Gasteiger partial charge in [-0.3, -0.25) is 0 Å². The molecule has 0 aromatic carbocycles. The van der Waals surface area contributed by atoms with Crippen LogP contribution < -0.4 is 0 Å². The van der Waals surface area contributed by atoms with Crippen LogP contribution in [0.5, 0.6) is 0 Å². The molecule has 2 nitrogen and oxygen atoms in total. The Morgan fingerprint density at radius 1 is 1.62 bits per heavy atom. The predicted octanol–water partition coefficient (Wildman–Crippen LogP) is 0.974. The van der Waals surface area contributed by atoms with E-state index in [9.17, 15) is 0 Å². The summed E-state index contributed by atoms with van der Waals surface area (Å²) in [6.45, 7) is 4.95. The molecule has 0 bridgehead atoms. The van der Waals surface area contributed by atoms with E-state index in [2.05, 4.69) is 6.92 Å². The number of hydrogen-bond donors (Lipinski definition) is 0. The Kier molecular flexibility index (Phi) is 2.30. The third-order valence-electron chi connectivity index (χ3n) is 1.22. The van der Waals surface area contributed by atoms with Gasteiger partial charge in [0.15, 0.2) is 0 Å². The molecule has 47 valence electrons. The molecule has 1 atom stereocenters. The van der Waals surface area contributed by atoms with Crippen LogP contribution in [-0.4, -0.2) is 19.5 Å². The van der Waals surface area contributed by atoms with Gasteiger partial charge in [-0.25, -0.2) is 0 Å². The van der Waals surface area contributed by atoms with Gasteiger partial charge in [-0.2, -0.15) is 0 Å². The van der Waals surface area contributed by atoms with Gasteiger partial charge in [-0.15, -0.1) is 0 Å². The average molecular weight is 115 g/mol. The zero-order valence-electron chi connectivity index (χ0n) is 4.93. The summed E-state index contributed by atoms with van der Waals surface area (Å²) in [7, 11) is 0. The summed E-state index contributed by atoms with van der Waals surface area (Å²) in [5, 5.41) is 0. The lowest BCUT2D eigenvalue weighted by Gasteiger charge is -2.01. The Labute approximate surface area is 49.8 Å². The first kappa shape index (κ1) is 6.05. The minimum atomic E-state index is 0.326. The van der Waals surface area contributed by atoms with Crippen molar-refractivity contribution in [1.82, 2.24) is 0 Å². The molecule has 1 fully saturated rings. The molecule has 1 heterocycles. The van der Waals surface area contributed by atoms with Crippen molar-refractivity contribution < 1.29 is 9.47 Å². The van der Waals surface area contributed by atoms with E-state index in [0.717, 1.165) is 19.4 Å². The van der Waals surface area contributed by atoms with Gasteiger partial charge >= 0.3 is 0 Å². The van der Waals surface area contributed by atoms with Crippen molar-refractivity contribution in [3.05, 3.63) is 6.92 Å². The highest BCUT2D eigenvalue weighted by Crippen LogP contribution is 2.07. The third-order valence-corrected chi connectivity index (χ3v) is 1.22. The van der Waals surface area contributed by atoms with Gasteiger partial charge < -0.3 is 9.47 Å². The SMILES string of the molecule is [CH2]CCC1COCO1. The van der Waals surface area contributed by atoms with Crippen molar-refractivity contribution in [3.63, 3.8) is 0 Å². The molecule has 0 N–H and O–H groups in total. The van der Waals surface area contributed by atoms with Gasteiger partial charge in [0.1, 0.15) is 6.79 Å². The van der Waals surface area contributed by atoms with Crippen molar-refractivity contribution in [1.29, 1.82) is 0 Å². The molecular weight excluding hydrogens is 104 g/mol. The lowest BCUT2D eigenvalue weighted by atomic mass is 10.2. The minimum Gasteiger partial charge on any atom is -0.353 e. The van der Waals surface area contributed by atoms with E-state index in [0.29, 0.717) is 12.9 Å². The van der Waals surface area contributed by atoms with Crippen molar-refractivity contribution in [2.75, 3.05) is 13.4 Å². The molecule has 1 saturated heterocycles. The fraction of sp³-hybridized carbons (Fsp3) is 0.833. The minimum absolute atomic E-state index is 0.326. The first-order chi connectivity index (χ1) is 3.93. The average Bonchev–Trinajstić information content (AvgIpc) is 2.19. The van der Waals surface area contributed by atoms with Gasteiger partial charge in [-0.05, 0) is 6.42 Å². The largest absolute Gasteiger partial charge is 0.353 e. The Bertz CT molecular complexity index is 57.5. The summed E-state index contributed by atoms with van der Waals surface area (Å²) in [5.74, 6) is 0. The first-order valence-corrected chi connectivity index (χ1v) is 2.92. The van der Waals surface area contributed by atoms with Crippen LogP contribution in [0.2, 0.25) is 0 Å². The monoisotopic (exact) mass is 115 g/mol. The van der Waals surface area contributed by atoms with Crippen LogP contribution in [0.3, 0.4) is 0 Å². The van der Waals surface area contributed by atoms with Gasteiger partial charge in [0.05, 0.1) is 12.7 Å². The zero-order valence-corrected chi connectivity index (χ0v) is 4.93. The standard InChI is InChI=1S/C6H11O2/c1-2-3-6-4-7-5-8-6/h6H,1-5H2. The molecule has 2 heteroatoms. The zero-order chi connectivity index (χ0) is 5.82. The maximum atomic E-state index is 5.13. The smallest absolute Gasteiger partial charge is 0.147 e. The molecule has 0 saturated carbocycles. The third kappa shape index (κ3) is 1.46. The van der Waals surface area contributed by atoms with Crippen LogP contribution in [0.4, 0.5) is 0 Å². The molecule has 0 aromatic rings. The molecule has 0 aliphatic carbocycles. The predicted molar refractivity (Wildman–Crippen MR) is 30.3 cm³/mol. The van der Waals surface area contributed by atoms with Crippen LogP contribution in [-0.2, 0) is 9.47 Å². The quantitative estimate of drug-likeness (QED) is 0.534. The van der Waals surface area contributed by atoms with Crippen LogP contribution in [0.1, 0.15) is 12.8 Å². The molecule has 1 aliphatic rings. The van der Waals surface area contributed by atoms with E-state index >= 15 is 0 Å². The first-order valence-electron chi connectivity index (χ1n) is 2.92. The van der Waals surface area contributed by atoms with Gasteiger partial charge in [0.25, 0.3) is 0 Å². The summed E-state index contributed by atoms with van der Waals surface area (Å²) in [6, 6.07) is 0. The Balaban J connectivity index is 2.06. The van der Waals surface area contributed by atoms with E-state index in [-0.39, 0.29) is 0 Å². The summed E-state index contributed by atoms with van der Waals surface area (Å²) in [5.41, 5.74) is 0. The van der Waals surface area contributed by atoms with Crippen LogP contribution in [0.25, 0.3) is 0 Å². The Morgan fingerprint density at radius 2 is 2.50 bits per heavy atom. The van der Waals surface area contributed by atoms with Crippen molar-refractivity contribution in [2.24, 2.45) is 0 Å².